The summed E-state index contributed by atoms with van der Waals surface area (Å²) in [6.07, 6.45) is 0.458. The summed E-state index contributed by atoms with van der Waals surface area (Å²) in [5, 5.41) is 9.63. The molecule has 0 saturated heterocycles. The third-order valence-electron chi connectivity index (χ3n) is 3.15. The lowest BCUT2D eigenvalue weighted by atomic mass is 10.1. The summed E-state index contributed by atoms with van der Waals surface area (Å²) in [4.78, 5) is 0. The Bertz CT molecular complexity index is 711. The summed E-state index contributed by atoms with van der Waals surface area (Å²) in [5.41, 5.74) is 2.54. The fraction of sp³-hybridized carbons (Fsp3) is 0.250. The van der Waals surface area contributed by atoms with Gasteiger partial charge >= 0.3 is 0 Å². The Morgan fingerprint density at radius 1 is 1.10 bits per heavy atom. The van der Waals surface area contributed by atoms with Crippen LogP contribution in [0, 0.1) is 6.92 Å². The first-order valence-corrected chi connectivity index (χ1v) is 8.41. The number of hydrogen-bond donors (Lipinski definition) is 2. The van der Waals surface area contributed by atoms with E-state index in [-0.39, 0.29) is 18.0 Å². The van der Waals surface area contributed by atoms with Gasteiger partial charge < -0.3 is 5.11 Å². The number of sulfonamides is 1. The van der Waals surface area contributed by atoms with E-state index < -0.39 is 10.0 Å². The Morgan fingerprint density at radius 3 is 2.57 bits per heavy atom. The van der Waals surface area contributed by atoms with E-state index in [4.69, 9.17) is 0 Å². The van der Waals surface area contributed by atoms with Crippen LogP contribution in [0.5, 0.6) is 5.75 Å². The van der Waals surface area contributed by atoms with Crippen molar-refractivity contribution >= 4 is 10.0 Å². The predicted octanol–water partition coefficient (Wildman–Crippen LogP) is 2.36. The van der Waals surface area contributed by atoms with Gasteiger partial charge in [-0.05, 0) is 30.5 Å². The lowest BCUT2D eigenvalue weighted by Gasteiger charge is -2.08. The standard InChI is InChI=1S/C16H19NO3S/c1-13-5-4-6-14(11-13)12-21(19,20)17-10-9-15-7-2-3-8-16(15)18/h2-8,11,17-18H,9-10,12H2,1H3. The van der Waals surface area contributed by atoms with Crippen LogP contribution in [0.4, 0.5) is 0 Å². The van der Waals surface area contributed by atoms with Crippen molar-refractivity contribution in [1.29, 1.82) is 0 Å². The van der Waals surface area contributed by atoms with E-state index in [2.05, 4.69) is 4.72 Å². The maximum absolute atomic E-state index is 12.0. The highest BCUT2D eigenvalue weighted by Gasteiger charge is 2.11. The second kappa shape index (κ2) is 6.74. The van der Waals surface area contributed by atoms with E-state index in [9.17, 15) is 13.5 Å². The number of nitrogens with one attached hydrogen (secondary N) is 1. The number of rotatable bonds is 6. The monoisotopic (exact) mass is 305 g/mol. The Labute approximate surface area is 125 Å². The first-order valence-electron chi connectivity index (χ1n) is 6.76. The zero-order chi connectivity index (χ0) is 15.3. The molecule has 2 N–H and O–H groups in total. The molecule has 5 heteroatoms. The van der Waals surface area contributed by atoms with E-state index in [1.165, 1.54) is 0 Å². The molecule has 0 aliphatic rings. The first kappa shape index (κ1) is 15.5. The van der Waals surface area contributed by atoms with Gasteiger partial charge in [0.1, 0.15) is 5.75 Å². The fourth-order valence-electron chi connectivity index (χ4n) is 2.14. The normalized spacial score (nSPS) is 11.5. The van der Waals surface area contributed by atoms with Crippen molar-refractivity contribution in [3.8, 4) is 5.75 Å². The van der Waals surface area contributed by atoms with Gasteiger partial charge in [-0.25, -0.2) is 13.1 Å². The molecule has 2 rings (SSSR count). The molecule has 0 aromatic heterocycles. The molecule has 0 atom stereocenters. The van der Waals surface area contributed by atoms with Crippen LogP contribution in [0.3, 0.4) is 0 Å². The van der Waals surface area contributed by atoms with Crippen molar-refractivity contribution in [2.45, 2.75) is 19.1 Å². The van der Waals surface area contributed by atoms with Gasteiger partial charge in [0, 0.05) is 6.54 Å². The number of aromatic hydroxyl groups is 1. The first-order chi connectivity index (χ1) is 9.96. The van der Waals surface area contributed by atoms with Crippen molar-refractivity contribution in [3.63, 3.8) is 0 Å². The zero-order valence-electron chi connectivity index (χ0n) is 11.9. The van der Waals surface area contributed by atoms with Crippen LogP contribution in [0.25, 0.3) is 0 Å². The van der Waals surface area contributed by atoms with Gasteiger partial charge in [-0.15, -0.1) is 0 Å². The Morgan fingerprint density at radius 2 is 1.86 bits per heavy atom. The smallest absolute Gasteiger partial charge is 0.215 e. The molecule has 0 unspecified atom stereocenters. The van der Waals surface area contributed by atoms with Crippen LogP contribution >= 0.6 is 0 Å². The average molecular weight is 305 g/mol. The van der Waals surface area contributed by atoms with Crippen LogP contribution in [0.1, 0.15) is 16.7 Å². The number of benzene rings is 2. The summed E-state index contributed by atoms with van der Waals surface area (Å²) in [7, 11) is -3.37. The Kier molecular flexibility index (Phi) is 4.98. The molecule has 2 aromatic carbocycles. The maximum Gasteiger partial charge on any atom is 0.215 e. The quantitative estimate of drug-likeness (QED) is 0.861. The van der Waals surface area contributed by atoms with Gasteiger partial charge in [0.15, 0.2) is 0 Å². The Balaban J connectivity index is 1.91. The second-order valence-corrected chi connectivity index (χ2v) is 6.83. The number of para-hydroxylation sites is 1. The minimum absolute atomic E-state index is 0.0323. The molecule has 0 spiro atoms. The molecule has 2 aromatic rings. The van der Waals surface area contributed by atoms with Gasteiger partial charge in [0.05, 0.1) is 5.75 Å². The summed E-state index contributed by atoms with van der Waals surface area (Å²) in [6.45, 7) is 2.20. The summed E-state index contributed by atoms with van der Waals surface area (Å²) < 4.78 is 26.6. The third-order valence-corrected chi connectivity index (χ3v) is 4.50. The number of hydrogen-bond acceptors (Lipinski definition) is 3. The van der Waals surface area contributed by atoms with Crippen molar-refractivity contribution in [2.24, 2.45) is 0 Å². The number of phenolic OH excluding ortho intramolecular Hbond substituents is 1. The summed E-state index contributed by atoms with van der Waals surface area (Å²) in [5.74, 6) is 0.158. The zero-order valence-corrected chi connectivity index (χ0v) is 12.7. The molecule has 0 radical (unpaired) electrons. The Hall–Kier alpha value is -1.85. The van der Waals surface area contributed by atoms with Crippen molar-refractivity contribution in [1.82, 2.24) is 4.72 Å². The van der Waals surface area contributed by atoms with Gasteiger partial charge in [0.25, 0.3) is 0 Å². The second-order valence-electron chi connectivity index (χ2n) is 5.02. The molecular weight excluding hydrogens is 286 g/mol. The SMILES string of the molecule is Cc1cccc(CS(=O)(=O)NCCc2ccccc2O)c1. The van der Waals surface area contributed by atoms with Crippen molar-refractivity contribution in [2.75, 3.05) is 6.54 Å². The molecule has 0 heterocycles. The van der Waals surface area contributed by atoms with E-state index in [1.807, 2.05) is 31.2 Å². The minimum Gasteiger partial charge on any atom is -0.508 e. The molecule has 0 amide bonds. The van der Waals surface area contributed by atoms with Crippen LogP contribution in [-0.2, 0) is 22.2 Å². The van der Waals surface area contributed by atoms with Gasteiger partial charge in [-0.3, -0.25) is 0 Å². The molecule has 21 heavy (non-hydrogen) atoms. The molecule has 0 aliphatic carbocycles. The lowest BCUT2D eigenvalue weighted by Crippen LogP contribution is -2.27. The molecule has 4 nitrogen and oxygen atoms in total. The average Bonchev–Trinajstić information content (AvgIpc) is 2.40. The third kappa shape index (κ3) is 4.88. The number of phenols is 1. The molecule has 0 aliphatic heterocycles. The number of aryl methyl sites for hydroxylation is 1. The summed E-state index contributed by atoms with van der Waals surface area (Å²) in [6, 6.07) is 14.4. The van der Waals surface area contributed by atoms with Crippen molar-refractivity contribution < 1.29 is 13.5 Å². The van der Waals surface area contributed by atoms with E-state index in [1.54, 1.807) is 24.3 Å². The highest BCUT2D eigenvalue weighted by molar-refractivity contribution is 7.88. The van der Waals surface area contributed by atoms with Crippen molar-refractivity contribution in [3.05, 3.63) is 65.2 Å². The minimum atomic E-state index is -3.37. The maximum atomic E-state index is 12.0. The highest BCUT2D eigenvalue weighted by atomic mass is 32.2. The largest absolute Gasteiger partial charge is 0.508 e. The topological polar surface area (TPSA) is 66.4 Å². The fourth-order valence-corrected chi connectivity index (χ4v) is 3.27. The van der Waals surface area contributed by atoms with Crippen LogP contribution in [0.15, 0.2) is 48.5 Å². The predicted molar refractivity (Wildman–Crippen MR) is 83.6 cm³/mol. The lowest BCUT2D eigenvalue weighted by molar-refractivity contribution is 0.467. The van der Waals surface area contributed by atoms with Crippen LogP contribution in [0.2, 0.25) is 0 Å². The molecule has 0 fully saturated rings. The van der Waals surface area contributed by atoms with Crippen LogP contribution in [-0.4, -0.2) is 20.1 Å². The van der Waals surface area contributed by atoms with Gasteiger partial charge in [0.2, 0.25) is 10.0 Å². The molecule has 0 bridgehead atoms. The summed E-state index contributed by atoms with van der Waals surface area (Å²) >= 11 is 0. The molecule has 0 saturated carbocycles. The van der Waals surface area contributed by atoms with Crippen LogP contribution < -0.4 is 4.72 Å². The van der Waals surface area contributed by atoms with E-state index in [0.717, 1.165) is 16.7 Å². The molecular formula is C16H19NO3S. The van der Waals surface area contributed by atoms with Gasteiger partial charge in [-0.1, -0.05) is 48.0 Å². The molecule has 112 valence electrons. The van der Waals surface area contributed by atoms with E-state index in [0.29, 0.717) is 6.42 Å². The van der Waals surface area contributed by atoms with E-state index >= 15 is 0 Å². The highest BCUT2D eigenvalue weighted by Crippen LogP contribution is 2.15. The van der Waals surface area contributed by atoms with Gasteiger partial charge in [-0.2, -0.15) is 0 Å².